The van der Waals surface area contributed by atoms with Gasteiger partial charge in [0.25, 0.3) is 5.91 Å². The van der Waals surface area contributed by atoms with Crippen molar-refractivity contribution in [3.63, 3.8) is 0 Å². The van der Waals surface area contributed by atoms with Gasteiger partial charge in [-0.1, -0.05) is 6.07 Å². The van der Waals surface area contributed by atoms with Crippen molar-refractivity contribution in [1.29, 1.82) is 0 Å². The first-order chi connectivity index (χ1) is 10.7. The molecule has 3 N–H and O–H groups in total. The van der Waals surface area contributed by atoms with Crippen LogP contribution in [-0.4, -0.2) is 59.6 Å². The van der Waals surface area contributed by atoms with Crippen LogP contribution in [0.3, 0.4) is 0 Å². The first-order valence-electron chi connectivity index (χ1n) is 7.06. The highest BCUT2D eigenvalue weighted by atomic mass is 32.3. The van der Waals surface area contributed by atoms with Gasteiger partial charge < -0.3 is 20.1 Å². The summed E-state index contributed by atoms with van der Waals surface area (Å²) in [4.78, 5) is 26.8. The molecule has 0 spiro atoms. The fourth-order valence-corrected chi connectivity index (χ4v) is 3.56. The monoisotopic (exact) mass is 338 g/mol. The molecule has 0 fully saturated rings. The van der Waals surface area contributed by atoms with Crippen LogP contribution >= 0.6 is 10.0 Å². The highest BCUT2D eigenvalue weighted by molar-refractivity contribution is 8.32. The predicted octanol–water partition coefficient (Wildman–Crippen LogP) is 2.05. The number of benzene rings is 1. The zero-order chi connectivity index (χ0) is 17.2. The third-order valence-electron chi connectivity index (χ3n) is 3.36. The highest BCUT2D eigenvalue weighted by Gasteiger charge is 2.25. The topological polar surface area (TPSA) is 91.4 Å². The Morgan fingerprint density at radius 3 is 2.61 bits per heavy atom. The number of aromatic nitrogens is 1. The molecule has 0 saturated heterocycles. The first kappa shape index (κ1) is 17.2. The normalized spacial score (nSPS) is 13.6. The summed E-state index contributed by atoms with van der Waals surface area (Å²) in [7, 11) is 0.506. The van der Waals surface area contributed by atoms with Crippen LogP contribution in [0, 0.1) is 0 Å². The largest absolute Gasteiger partial charge is 0.496 e. The van der Waals surface area contributed by atoms with Crippen LogP contribution in [0.4, 0.5) is 0 Å². The maximum atomic E-state index is 12.4. The Morgan fingerprint density at radius 1 is 1.35 bits per heavy atom. The maximum Gasteiger partial charge on any atom is 0.327 e. The number of H-pyrrole nitrogens is 1. The average Bonchev–Trinajstić information content (AvgIpc) is 2.88. The number of hydrogen-bond acceptors (Lipinski definition) is 3. The molecule has 1 atom stereocenters. The number of amides is 1. The molecule has 2 aromatic rings. The number of carbonyl (C=O) groups is 2. The Bertz CT molecular complexity index is 733. The van der Waals surface area contributed by atoms with Gasteiger partial charge in [-0.05, 0) is 37.0 Å². The maximum absolute atomic E-state index is 12.4. The van der Waals surface area contributed by atoms with Gasteiger partial charge in [-0.2, -0.15) is 0 Å². The number of carbonyl (C=O) groups excluding carboxylic acids is 1. The molecule has 0 bridgehead atoms. The fraction of sp³-hybridized carbons (Fsp3) is 0.375. The van der Waals surface area contributed by atoms with Gasteiger partial charge in [0.15, 0.2) is 0 Å². The van der Waals surface area contributed by atoms with Crippen LogP contribution < -0.4 is 10.1 Å². The Balaban J connectivity index is 2.24. The van der Waals surface area contributed by atoms with Crippen molar-refractivity contribution in [3.05, 3.63) is 30.0 Å². The van der Waals surface area contributed by atoms with Crippen molar-refractivity contribution >= 4 is 32.8 Å². The molecule has 1 amide bonds. The van der Waals surface area contributed by atoms with E-state index in [4.69, 9.17) is 4.74 Å². The Morgan fingerprint density at radius 2 is 2.04 bits per heavy atom. The lowest BCUT2D eigenvalue weighted by Crippen LogP contribution is -2.44. The fourth-order valence-electron chi connectivity index (χ4n) is 2.34. The van der Waals surface area contributed by atoms with E-state index >= 15 is 0 Å². The standard InChI is InChI=1S/C16H22N2O4S/c1-22-14-7-5-6-11-10(14)8-12(17-11)15(19)18-13(16(20)21)9-23(2,3)4/h5-8,13,17H,9H2,1-4H3,(H,18,19)(H,20,21)/t13-/m0/s1. The van der Waals surface area contributed by atoms with Crippen LogP contribution in [0.25, 0.3) is 10.9 Å². The van der Waals surface area contributed by atoms with Crippen LogP contribution in [0.5, 0.6) is 5.75 Å². The van der Waals surface area contributed by atoms with E-state index in [9.17, 15) is 14.7 Å². The zero-order valence-electron chi connectivity index (χ0n) is 13.7. The van der Waals surface area contributed by atoms with Crippen LogP contribution in [0.15, 0.2) is 24.3 Å². The number of aliphatic carboxylic acids is 1. The molecule has 1 aromatic heterocycles. The molecule has 1 heterocycles. The Hall–Kier alpha value is -2.15. The third-order valence-corrected chi connectivity index (χ3v) is 4.69. The molecule has 0 aliphatic heterocycles. The van der Waals surface area contributed by atoms with Crippen LogP contribution in [0.2, 0.25) is 0 Å². The number of rotatable bonds is 6. The molecule has 6 nitrogen and oxygen atoms in total. The second kappa shape index (κ2) is 6.54. The van der Waals surface area contributed by atoms with Crippen molar-refractivity contribution < 1.29 is 19.4 Å². The number of methoxy groups -OCH3 is 1. The summed E-state index contributed by atoms with van der Waals surface area (Å²) in [5, 5.41) is 12.7. The average molecular weight is 338 g/mol. The van der Waals surface area contributed by atoms with Crippen molar-refractivity contribution in [1.82, 2.24) is 10.3 Å². The summed E-state index contributed by atoms with van der Waals surface area (Å²) < 4.78 is 5.26. The quantitative estimate of drug-likeness (QED) is 0.752. The molecule has 0 radical (unpaired) electrons. The van der Waals surface area contributed by atoms with E-state index < -0.39 is 27.9 Å². The number of hydrogen-bond donors (Lipinski definition) is 3. The number of nitrogens with one attached hydrogen (secondary N) is 2. The molecule has 2 rings (SSSR count). The lowest BCUT2D eigenvalue weighted by atomic mass is 10.2. The summed E-state index contributed by atoms with van der Waals surface area (Å²) in [5.41, 5.74) is 1.09. The van der Waals surface area contributed by atoms with E-state index in [1.165, 1.54) is 0 Å². The van der Waals surface area contributed by atoms with E-state index in [1.54, 1.807) is 19.2 Å². The smallest absolute Gasteiger partial charge is 0.327 e. The van der Waals surface area contributed by atoms with Gasteiger partial charge in [0.05, 0.1) is 7.11 Å². The number of fused-ring (bicyclic) bond motifs is 1. The molecular formula is C16H22N2O4S. The first-order valence-corrected chi connectivity index (χ1v) is 10.1. The van der Waals surface area contributed by atoms with E-state index in [0.29, 0.717) is 17.2 Å². The molecule has 0 unspecified atom stereocenters. The van der Waals surface area contributed by atoms with E-state index in [1.807, 2.05) is 30.9 Å². The molecule has 7 heteroatoms. The van der Waals surface area contributed by atoms with Crippen molar-refractivity contribution in [2.75, 3.05) is 31.6 Å². The van der Waals surface area contributed by atoms with E-state index in [2.05, 4.69) is 10.3 Å². The minimum absolute atomic E-state index is 0.319. The molecule has 23 heavy (non-hydrogen) atoms. The van der Waals surface area contributed by atoms with Gasteiger partial charge in [0, 0.05) is 16.7 Å². The molecule has 126 valence electrons. The minimum atomic E-state index is -1.06. The van der Waals surface area contributed by atoms with Gasteiger partial charge in [-0.3, -0.25) is 4.79 Å². The molecule has 1 aromatic carbocycles. The molecule has 0 aliphatic rings. The van der Waals surface area contributed by atoms with Crippen LogP contribution in [0.1, 0.15) is 10.5 Å². The Kier molecular flexibility index (Phi) is 4.89. The Labute approximate surface area is 136 Å². The number of carboxylic acid groups (broad SMARTS) is 1. The molecular weight excluding hydrogens is 316 g/mol. The number of aromatic amines is 1. The van der Waals surface area contributed by atoms with E-state index in [0.717, 1.165) is 10.9 Å². The third kappa shape index (κ3) is 4.19. The van der Waals surface area contributed by atoms with Gasteiger partial charge >= 0.3 is 5.97 Å². The SMILES string of the molecule is COc1cccc2[nH]c(C(=O)N[C@@H](CS(C)(C)C)C(=O)O)cc12. The summed E-state index contributed by atoms with van der Waals surface area (Å²) in [6.45, 7) is 0. The summed E-state index contributed by atoms with van der Waals surface area (Å²) in [6, 6.07) is 6.24. The van der Waals surface area contributed by atoms with Crippen molar-refractivity contribution in [2.24, 2.45) is 0 Å². The van der Waals surface area contributed by atoms with Crippen molar-refractivity contribution in [2.45, 2.75) is 6.04 Å². The molecule has 0 aliphatic carbocycles. The minimum Gasteiger partial charge on any atom is -0.496 e. The van der Waals surface area contributed by atoms with Gasteiger partial charge in [0.1, 0.15) is 17.5 Å². The van der Waals surface area contributed by atoms with E-state index in [-0.39, 0.29) is 0 Å². The van der Waals surface area contributed by atoms with Gasteiger partial charge in [-0.25, -0.2) is 14.8 Å². The molecule has 0 saturated carbocycles. The lowest BCUT2D eigenvalue weighted by Gasteiger charge is -2.29. The second-order valence-corrected chi connectivity index (χ2v) is 10.7. The summed E-state index contributed by atoms with van der Waals surface area (Å²) in [5.74, 6) is -0.363. The lowest BCUT2D eigenvalue weighted by molar-refractivity contribution is -0.138. The second-order valence-electron chi connectivity index (χ2n) is 6.23. The van der Waals surface area contributed by atoms with Gasteiger partial charge in [0.2, 0.25) is 0 Å². The zero-order valence-corrected chi connectivity index (χ0v) is 14.5. The summed E-state index contributed by atoms with van der Waals surface area (Å²) in [6.07, 6.45) is 6.05. The van der Waals surface area contributed by atoms with Crippen molar-refractivity contribution in [3.8, 4) is 5.75 Å². The number of carboxylic acids is 1. The highest BCUT2D eigenvalue weighted by Crippen LogP contribution is 2.35. The predicted molar refractivity (Wildman–Crippen MR) is 94.0 cm³/mol. The number of ether oxygens (including phenoxy) is 1. The van der Waals surface area contributed by atoms with Crippen LogP contribution in [-0.2, 0) is 4.79 Å². The van der Waals surface area contributed by atoms with Gasteiger partial charge in [-0.15, -0.1) is 0 Å². The summed E-state index contributed by atoms with van der Waals surface area (Å²) >= 11 is 0.